The van der Waals surface area contributed by atoms with Gasteiger partial charge in [-0.25, -0.2) is 9.97 Å². The molecule has 0 amide bonds. The minimum absolute atomic E-state index is 0.594. The lowest BCUT2D eigenvalue weighted by atomic mass is 9.99. The Balaban J connectivity index is 2.66. The minimum Gasteiger partial charge on any atom is -0.496 e. The first-order valence-electron chi connectivity index (χ1n) is 6.09. The number of aryl methyl sites for hydroxylation is 3. The Morgan fingerprint density at radius 2 is 1.53 bits per heavy atom. The summed E-state index contributed by atoms with van der Waals surface area (Å²) in [6, 6.07) is 4.14. The van der Waals surface area contributed by atoms with Gasteiger partial charge in [0.1, 0.15) is 12.1 Å². The maximum Gasteiger partial charge on any atom is 0.224 e. The smallest absolute Gasteiger partial charge is 0.224 e. The van der Waals surface area contributed by atoms with Crippen LogP contribution in [0.1, 0.15) is 16.8 Å². The summed E-state index contributed by atoms with van der Waals surface area (Å²) in [6.45, 7) is 6.01. The van der Waals surface area contributed by atoms with Gasteiger partial charge in [-0.1, -0.05) is 0 Å². The van der Waals surface area contributed by atoms with Crippen molar-refractivity contribution in [1.29, 1.82) is 0 Å². The molecular weight excluding hydrogens is 240 g/mol. The Kier molecular flexibility index (Phi) is 3.69. The fourth-order valence-corrected chi connectivity index (χ4v) is 2.36. The fraction of sp³-hybridized carbons (Fsp3) is 0.333. The summed E-state index contributed by atoms with van der Waals surface area (Å²) in [7, 11) is 3.31. The second-order valence-corrected chi connectivity index (χ2v) is 4.49. The third kappa shape index (κ3) is 2.38. The lowest BCUT2D eigenvalue weighted by Gasteiger charge is -2.14. The molecule has 0 unspecified atom stereocenters. The Morgan fingerprint density at radius 1 is 0.895 bits per heavy atom. The molecule has 0 atom stereocenters. The van der Waals surface area contributed by atoms with Crippen LogP contribution >= 0.6 is 0 Å². The number of hydrogen-bond donors (Lipinski definition) is 0. The predicted molar refractivity (Wildman–Crippen MR) is 74.8 cm³/mol. The number of benzene rings is 1. The number of rotatable bonds is 3. The quantitative estimate of drug-likeness (QED) is 0.848. The molecule has 1 heterocycles. The first kappa shape index (κ1) is 13.3. The highest BCUT2D eigenvalue weighted by molar-refractivity contribution is 5.73. The SMILES string of the molecule is COc1ncnc(C)c1-c1cc(C)c(OC)c(C)c1. The Labute approximate surface area is 113 Å². The van der Waals surface area contributed by atoms with Crippen molar-refractivity contribution in [2.45, 2.75) is 20.8 Å². The molecule has 0 radical (unpaired) electrons. The van der Waals surface area contributed by atoms with E-state index in [4.69, 9.17) is 9.47 Å². The summed E-state index contributed by atoms with van der Waals surface area (Å²) < 4.78 is 10.7. The maximum atomic E-state index is 5.39. The molecule has 4 nitrogen and oxygen atoms in total. The summed E-state index contributed by atoms with van der Waals surface area (Å²) >= 11 is 0. The zero-order valence-electron chi connectivity index (χ0n) is 11.9. The third-order valence-corrected chi connectivity index (χ3v) is 3.15. The van der Waals surface area contributed by atoms with Gasteiger partial charge in [0.25, 0.3) is 0 Å². The van der Waals surface area contributed by atoms with Crippen LogP contribution < -0.4 is 9.47 Å². The van der Waals surface area contributed by atoms with Crippen LogP contribution in [0.15, 0.2) is 18.5 Å². The van der Waals surface area contributed by atoms with Gasteiger partial charge in [-0.2, -0.15) is 0 Å². The van der Waals surface area contributed by atoms with E-state index in [9.17, 15) is 0 Å². The average Bonchev–Trinajstić information content (AvgIpc) is 2.37. The van der Waals surface area contributed by atoms with Gasteiger partial charge in [-0.05, 0) is 49.6 Å². The van der Waals surface area contributed by atoms with Crippen LogP contribution in [-0.4, -0.2) is 24.2 Å². The van der Waals surface area contributed by atoms with Gasteiger partial charge in [-0.15, -0.1) is 0 Å². The number of nitrogens with zero attached hydrogens (tertiary/aromatic N) is 2. The summed E-state index contributed by atoms with van der Waals surface area (Å²) in [5.41, 5.74) is 5.05. The van der Waals surface area contributed by atoms with Gasteiger partial charge in [-0.3, -0.25) is 0 Å². The van der Waals surface area contributed by atoms with Crippen molar-refractivity contribution in [3.05, 3.63) is 35.3 Å². The van der Waals surface area contributed by atoms with Crippen molar-refractivity contribution in [3.8, 4) is 22.8 Å². The van der Waals surface area contributed by atoms with Crippen molar-refractivity contribution >= 4 is 0 Å². The standard InChI is InChI=1S/C15H18N2O2/c1-9-6-12(7-10(2)14(9)18-4)13-11(3)16-8-17-15(13)19-5/h6-8H,1-5H3. The lowest BCUT2D eigenvalue weighted by molar-refractivity contribution is 0.398. The lowest BCUT2D eigenvalue weighted by Crippen LogP contribution is -1.98. The monoisotopic (exact) mass is 258 g/mol. The Morgan fingerprint density at radius 3 is 2.05 bits per heavy atom. The fourth-order valence-electron chi connectivity index (χ4n) is 2.36. The van der Waals surface area contributed by atoms with E-state index >= 15 is 0 Å². The summed E-state index contributed by atoms with van der Waals surface area (Å²) in [5, 5.41) is 0. The number of ether oxygens (including phenoxy) is 2. The number of methoxy groups -OCH3 is 2. The van der Waals surface area contributed by atoms with Crippen molar-refractivity contribution in [3.63, 3.8) is 0 Å². The van der Waals surface area contributed by atoms with Crippen LogP contribution in [0.4, 0.5) is 0 Å². The van der Waals surface area contributed by atoms with E-state index in [1.165, 1.54) is 6.33 Å². The van der Waals surface area contributed by atoms with Crippen LogP contribution in [0.25, 0.3) is 11.1 Å². The summed E-state index contributed by atoms with van der Waals surface area (Å²) in [4.78, 5) is 8.42. The van der Waals surface area contributed by atoms with Crippen molar-refractivity contribution in [1.82, 2.24) is 9.97 Å². The largest absolute Gasteiger partial charge is 0.496 e. The highest BCUT2D eigenvalue weighted by atomic mass is 16.5. The summed E-state index contributed by atoms with van der Waals surface area (Å²) in [6.07, 6.45) is 1.51. The van der Waals surface area contributed by atoms with Gasteiger partial charge in [0.15, 0.2) is 0 Å². The zero-order chi connectivity index (χ0) is 14.0. The zero-order valence-corrected chi connectivity index (χ0v) is 11.9. The average molecular weight is 258 g/mol. The molecule has 0 fully saturated rings. The molecule has 0 spiro atoms. The molecule has 1 aromatic carbocycles. The van der Waals surface area contributed by atoms with Crippen molar-refractivity contribution in [2.75, 3.05) is 14.2 Å². The molecule has 4 heteroatoms. The molecule has 0 aliphatic rings. The minimum atomic E-state index is 0.594. The molecule has 0 saturated heterocycles. The van der Waals surface area contributed by atoms with E-state index in [0.29, 0.717) is 5.88 Å². The van der Waals surface area contributed by atoms with Gasteiger partial charge in [0.05, 0.1) is 25.5 Å². The maximum absolute atomic E-state index is 5.39. The highest BCUT2D eigenvalue weighted by Gasteiger charge is 2.14. The molecule has 0 saturated carbocycles. The molecule has 2 rings (SSSR count). The van der Waals surface area contributed by atoms with E-state index in [-0.39, 0.29) is 0 Å². The Hall–Kier alpha value is -2.10. The van der Waals surface area contributed by atoms with Crippen LogP contribution in [0.3, 0.4) is 0 Å². The molecule has 0 aliphatic heterocycles. The van der Waals surface area contributed by atoms with E-state index in [1.807, 2.05) is 20.8 Å². The van der Waals surface area contributed by atoms with Gasteiger partial charge >= 0.3 is 0 Å². The van der Waals surface area contributed by atoms with Gasteiger partial charge in [0.2, 0.25) is 5.88 Å². The van der Waals surface area contributed by atoms with Crippen LogP contribution in [-0.2, 0) is 0 Å². The van der Waals surface area contributed by atoms with Crippen LogP contribution in [0, 0.1) is 20.8 Å². The second kappa shape index (κ2) is 5.26. The molecule has 100 valence electrons. The first-order chi connectivity index (χ1) is 9.08. The predicted octanol–water partition coefficient (Wildman–Crippen LogP) is 3.09. The van der Waals surface area contributed by atoms with Crippen LogP contribution in [0.5, 0.6) is 11.6 Å². The topological polar surface area (TPSA) is 44.2 Å². The van der Waals surface area contributed by atoms with Crippen molar-refractivity contribution in [2.24, 2.45) is 0 Å². The molecule has 0 N–H and O–H groups in total. The molecule has 1 aromatic heterocycles. The number of hydrogen-bond acceptors (Lipinski definition) is 4. The normalized spacial score (nSPS) is 10.4. The van der Waals surface area contributed by atoms with E-state index in [1.54, 1.807) is 14.2 Å². The van der Waals surface area contributed by atoms with E-state index in [0.717, 1.165) is 33.7 Å². The molecule has 0 aliphatic carbocycles. The highest BCUT2D eigenvalue weighted by Crippen LogP contribution is 2.34. The molecular formula is C15H18N2O2. The van der Waals surface area contributed by atoms with Crippen LogP contribution in [0.2, 0.25) is 0 Å². The second-order valence-electron chi connectivity index (χ2n) is 4.49. The van der Waals surface area contributed by atoms with Gasteiger partial charge in [0, 0.05) is 0 Å². The third-order valence-electron chi connectivity index (χ3n) is 3.15. The number of aromatic nitrogens is 2. The van der Waals surface area contributed by atoms with Gasteiger partial charge < -0.3 is 9.47 Å². The Bertz CT molecular complexity index is 586. The molecule has 2 aromatic rings. The van der Waals surface area contributed by atoms with Crippen molar-refractivity contribution < 1.29 is 9.47 Å². The van der Waals surface area contributed by atoms with E-state index in [2.05, 4.69) is 22.1 Å². The molecule has 0 bridgehead atoms. The first-order valence-corrected chi connectivity index (χ1v) is 6.09. The summed E-state index contributed by atoms with van der Waals surface area (Å²) in [5.74, 6) is 1.51. The molecule has 19 heavy (non-hydrogen) atoms. The van der Waals surface area contributed by atoms with E-state index < -0.39 is 0 Å².